The van der Waals surface area contributed by atoms with E-state index in [1.54, 1.807) is 13.3 Å². The van der Waals surface area contributed by atoms with Crippen molar-refractivity contribution in [1.29, 1.82) is 0 Å². The largest absolute Gasteiger partial charge is 0.497 e. The summed E-state index contributed by atoms with van der Waals surface area (Å²) in [7, 11) is 3.09. The minimum absolute atomic E-state index is 0.326. The molecule has 22 heavy (non-hydrogen) atoms. The van der Waals surface area contributed by atoms with Crippen molar-refractivity contribution in [3.63, 3.8) is 0 Å². The fourth-order valence-electron chi connectivity index (χ4n) is 1.97. The van der Waals surface area contributed by atoms with Crippen LogP contribution in [-0.4, -0.2) is 26.3 Å². The standard InChI is InChI=1S/C17H18N2O3/c1-21-15-10-6-7-13(11-15)12-18-19-17(20)16(22-2)14-8-4-3-5-9-14/h3-12,16H,1-2H3,(H,19,20)/b18-12-/t16-/m1/s1. The number of amides is 1. The smallest absolute Gasteiger partial charge is 0.273 e. The summed E-state index contributed by atoms with van der Waals surface area (Å²) >= 11 is 0. The lowest BCUT2D eigenvalue weighted by atomic mass is 10.1. The Morgan fingerprint density at radius 2 is 1.91 bits per heavy atom. The molecular formula is C17H18N2O3. The highest BCUT2D eigenvalue weighted by atomic mass is 16.5. The predicted octanol–water partition coefficient (Wildman–Crippen LogP) is 2.53. The number of ether oxygens (including phenoxy) is 2. The van der Waals surface area contributed by atoms with Gasteiger partial charge in [-0.3, -0.25) is 4.79 Å². The number of nitrogens with zero attached hydrogens (tertiary/aromatic N) is 1. The number of nitrogens with one attached hydrogen (secondary N) is 1. The van der Waals surface area contributed by atoms with Gasteiger partial charge >= 0.3 is 0 Å². The van der Waals surface area contributed by atoms with Crippen LogP contribution in [0.5, 0.6) is 5.75 Å². The van der Waals surface area contributed by atoms with Gasteiger partial charge in [-0.2, -0.15) is 5.10 Å². The lowest BCUT2D eigenvalue weighted by Crippen LogP contribution is -2.26. The molecule has 0 saturated carbocycles. The molecule has 0 fully saturated rings. The third-order valence-electron chi connectivity index (χ3n) is 3.06. The van der Waals surface area contributed by atoms with Gasteiger partial charge in [0.2, 0.25) is 0 Å². The van der Waals surface area contributed by atoms with Crippen molar-refractivity contribution in [2.75, 3.05) is 14.2 Å². The molecule has 2 aromatic carbocycles. The molecule has 0 aliphatic heterocycles. The molecule has 0 unspecified atom stereocenters. The van der Waals surface area contributed by atoms with Crippen molar-refractivity contribution in [3.05, 3.63) is 65.7 Å². The maximum atomic E-state index is 12.1. The Balaban J connectivity index is 2.00. The van der Waals surface area contributed by atoms with E-state index in [0.29, 0.717) is 0 Å². The molecule has 1 N–H and O–H groups in total. The molecule has 5 nitrogen and oxygen atoms in total. The second kappa shape index (κ2) is 7.95. The number of carbonyl (C=O) groups excluding carboxylic acids is 1. The molecule has 0 spiro atoms. The lowest BCUT2D eigenvalue weighted by molar-refractivity contribution is -0.131. The minimum Gasteiger partial charge on any atom is -0.497 e. The summed E-state index contributed by atoms with van der Waals surface area (Å²) in [6, 6.07) is 16.6. The van der Waals surface area contributed by atoms with Gasteiger partial charge in [0, 0.05) is 7.11 Å². The van der Waals surface area contributed by atoms with E-state index in [9.17, 15) is 4.79 Å². The lowest BCUT2D eigenvalue weighted by Gasteiger charge is -2.13. The first-order valence-electron chi connectivity index (χ1n) is 6.79. The van der Waals surface area contributed by atoms with Crippen LogP contribution in [0.15, 0.2) is 59.7 Å². The zero-order valence-electron chi connectivity index (χ0n) is 12.5. The Hall–Kier alpha value is -2.66. The molecule has 2 aromatic rings. The van der Waals surface area contributed by atoms with Gasteiger partial charge in [-0.15, -0.1) is 0 Å². The van der Waals surface area contributed by atoms with Crippen molar-refractivity contribution in [3.8, 4) is 5.75 Å². The summed E-state index contributed by atoms with van der Waals surface area (Å²) in [5.74, 6) is 0.405. The first kappa shape index (κ1) is 15.7. The molecule has 0 saturated heterocycles. The Morgan fingerprint density at radius 3 is 2.59 bits per heavy atom. The second-order valence-electron chi connectivity index (χ2n) is 4.54. The van der Waals surface area contributed by atoms with E-state index in [1.165, 1.54) is 7.11 Å². The number of hydrogen-bond acceptors (Lipinski definition) is 4. The maximum Gasteiger partial charge on any atom is 0.273 e. The monoisotopic (exact) mass is 298 g/mol. The summed E-state index contributed by atoms with van der Waals surface area (Å²) in [6.07, 6.45) is 0.863. The first-order valence-corrected chi connectivity index (χ1v) is 6.79. The van der Waals surface area contributed by atoms with Crippen molar-refractivity contribution < 1.29 is 14.3 Å². The number of hydrazone groups is 1. The van der Waals surface area contributed by atoms with Gasteiger partial charge in [-0.1, -0.05) is 42.5 Å². The van der Waals surface area contributed by atoms with Crippen molar-refractivity contribution in [1.82, 2.24) is 5.43 Å². The van der Waals surface area contributed by atoms with Gasteiger partial charge in [0.15, 0.2) is 6.10 Å². The fraction of sp³-hybridized carbons (Fsp3) is 0.176. The van der Waals surface area contributed by atoms with E-state index in [1.807, 2.05) is 54.6 Å². The molecular weight excluding hydrogens is 280 g/mol. The van der Waals surface area contributed by atoms with Crippen molar-refractivity contribution >= 4 is 12.1 Å². The topological polar surface area (TPSA) is 59.9 Å². The summed E-state index contributed by atoms with van der Waals surface area (Å²) in [4.78, 5) is 12.1. The van der Waals surface area contributed by atoms with E-state index in [2.05, 4.69) is 10.5 Å². The van der Waals surface area contributed by atoms with E-state index >= 15 is 0 Å². The number of rotatable bonds is 6. The normalized spacial score (nSPS) is 12.1. The van der Waals surface area contributed by atoms with Crippen molar-refractivity contribution in [2.24, 2.45) is 5.10 Å². The molecule has 1 amide bonds. The average Bonchev–Trinajstić information content (AvgIpc) is 2.57. The Labute approximate surface area is 129 Å². The van der Waals surface area contributed by atoms with Gasteiger partial charge in [0.05, 0.1) is 13.3 Å². The summed E-state index contributed by atoms with van der Waals surface area (Å²) in [5.41, 5.74) is 4.09. The molecule has 0 aliphatic carbocycles. The predicted molar refractivity (Wildman–Crippen MR) is 84.9 cm³/mol. The van der Waals surface area contributed by atoms with Crippen LogP contribution < -0.4 is 10.2 Å². The summed E-state index contributed by atoms with van der Waals surface area (Å²) in [5, 5.41) is 3.95. The Morgan fingerprint density at radius 1 is 1.14 bits per heavy atom. The maximum absolute atomic E-state index is 12.1. The fourth-order valence-corrected chi connectivity index (χ4v) is 1.97. The zero-order valence-corrected chi connectivity index (χ0v) is 12.5. The van der Waals surface area contributed by atoms with E-state index in [4.69, 9.17) is 9.47 Å². The molecule has 0 aromatic heterocycles. The minimum atomic E-state index is -0.691. The first-order chi connectivity index (χ1) is 10.7. The van der Waals surface area contributed by atoms with Crippen LogP contribution in [0, 0.1) is 0 Å². The third kappa shape index (κ3) is 4.17. The molecule has 0 heterocycles. The second-order valence-corrected chi connectivity index (χ2v) is 4.54. The van der Waals surface area contributed by atoms with E-state index < -0.39 is 6.10 Å². The number of carbonyl (C=O) groups is 1. The average molecular weight is 298 g/mol. The highest BCUT2D eigenvalue weighted by Crippen LogP contribution is 2.16. The van der Waals surface area contributed by atoms with Crippen LogP contribution in [0.4, 0.5) is 0 Å². The number of benzene rings is 2. The molecule has 0 aliphatic rings. The third-order valence-corrected chi connectivity index (χ3v) is 3.06. The van der Waals surface area contributed by atoms with Crippen LogP contribution in [-0.2, 0) is 9.53 Å². The molecule has 114 valence electrons. The molecule has 0 radical (unpaired) electrons. The van der Waals surface area contributed by atoms with Gasteiger partial charge in [0.25, 0.3) is 5.91 Å². The molecule has 5 heteroatoms. The van der Waals surface area contributed by atoms with Crippen LogP contribution in [0.2, 0.25) is 0 Å². The van der Waals surface area contributed by atoms with Gasteiger partial charge < -0.3 is 9.47 Å². The molecule has 2 rings (SSSR count). The summed E-state index contributed by atoms with van der Waals surface area (Å²) < 4.78 is 10.4. The van der Waals surface area contributed by atoms with Crippen molar-refractivity contribution in [2.45, 2.75) is 6.10 Å². The quantitative estimate of drug-likeness (QED) is 0.658. The van der Waals surface area contributed by atoms with Crippen LogP contribution in [0.1, 0.15) is 17.2 Å². The highest BCUT2D eigenvalue weighted by Gasteiger charge is 2.18. The number of hydrogen-bond donors (Lipinski definition) is 1. The SMILES string of the molecule is COc1cccc(/C=N\NC(=O)[C@H](OC)c2ccccc2)c1. The van der Waals surface area contributed by atoms with Gasteiger partial charge in [-0.05, 0) is 23.3 Å². The van der Waals surface area contributed by atoms with Gasteiger partial charge in [-0.25, -0.2) is 5.43 Å². The Bertz CT molecular complexity index is 641. The van der Waals surface area contributed by atoms with Gasteiger partial charge in [0.1, 0.15) is 5.75 Å². The van der Waals surface area contributed by atoms with Crippen LogP contribution in [0.3, 0.4) is 0 Å². The molecule has 1 atom stereocenters. The zero-order chi connectivity index (χ0) is 15.8. The van der Waals surface area contributed by atoms with E-state index in [-0.39, 0.29) is 5.91 Å². The number of methoxy groups -OCH3 is 2. The Kier molecular flexibility index (Phi) is 5.68. The summed E-state index contributed by atoms with van der Waals surface area (Å²) in [6.45, 7) is 0. The van der Waals surface area contributed by atoms with Crippen LogP contribution >= 0.6 is 0 Å². The van der Waals surface area contributed by atoms with E-state index in [0.717, 1.165) is 16.9 Å². The highest BCUT2D eigenvalue weighted by molar-refractivity contribution is 5.85. The van der Waals surface area contributed by atoms with Crippen LogP contribution in [0.25, 0.3) is 0 Å². The molecule has 0 bridgehead atoms.